The fourth-order valence-electron chi connectivity index (χ4n) is 3.06. The molecule has 1 saturated carbocycles. The van der Waals surface area contributed by atoms with E-state index in [-0.39, 0.29) is 0 Å². The van der Waals surface area contributed by atoms with Gasteiger partial charge in [0.2, 0.25) is 0 Å². The van der Waals surface area contributed by atoms with Crippen LogP contribution in [0.3, 0.4) is 0 Å². The molecule has 1 N–H and O–H groups in total. The Bertz CT molecular complexity index is 373. The summed E-state index contributed by atoms with van der Waals surface area (Å²) in [5.41, 5.74) is 3.15. The van der Waals surface area contributed by atoms with Crippen molar-refractivity contribution in [2.75, 3.05) is 26.7 Å². The summed E-state index contributed by atoms with van der Waals surface area (Å²) in [6, 6.07) is 9.78. The Labute approximate surface area is 110 Å². The second kappa shape index (κ2) is 5.41. The van der Waals surface area contributed by atoms with Crippen molar-refractivity contribution in [1.82, 2.24) is 10.2 Å². The van der Waals surface area contributed by atoms with Crippen molar-refractivity contribution in [3.8, 4) is 0 Å². The smallest absolute Gasteiger partial charge is 0.0104 e. The van der Waals surface area contributed by atoms with E-state index in [1.54, 1.807) is 11.1 Å². The van der Waals surface area contributed by atoms with E-state index in [4.69, 9.17) is 0 Å². The van der Waals surface area contributed by atoms with Crippen LogP contribution in [0.25, 0.3) is 0 Å². The van der Waals surface area contributed by atoms with Crippen LogP contribution in [0.4, 0.5) is 0 Å². The third-order valence-corrected chi connectivity index (χ3v) is 4.21. The first-order chi connectivity index (χ1) is 8.81. The van der Waals surface area contributed by atoms with Gasteiger partial charge in [0.25, 0.3) is 0 Å². The fourth-order valence-corrected chi connectivity index (χ4v) is 3.06. The van der Waals surface area contributed by atoms with Gasteiger partial charge in [0.05, 0.1) is 0 Å². The molecule has 18 heavy (non-hydrogen) atoms. The molecule has 0 amide bonds. The first kappa shape index (κ1) is 12.2. The third kappa shape index (κ3) is 3.12. The Morgan fingerprint density at radius 2 is 1.83 bits per heavy atom. The number of nitrogens with zero attached hydrogens (tertiary/aromatic N) is 1. The molecule has 1 aromatic rings. The molecule has 0 spiro atoms. The number of likely N-dealkylation sites (N-methyl/N-ethyl adjacent to an activating group) is 1. The Hall–Kier alpha value is -0.860. The summed E-state index contributed by atoms with van der Waals surface area (Å²) >= 11 is 0. The van der Waals surface area contributed by atoms with Crippen molar-refractivity contribution >= 4 is 0 Å². The first-order valence-corrected chi connectivity index (χ1v) is 7.30. The summed E-state index contributed by atoms with van der Waals surface area (Å²) in [4.78, 5) is 2.49. The van der Waals surface area contributed by atoms with Gasteiger partial charge >= 0.3 is 0 Å². The van der Waals surface area contributed by atoms with Gasteiger partial charge in [-0.2, -0.15) is 0 Å². The third-order valence-electron chi connectivity index (χ3n) is 4.21. The normalized spacial score (nSPS) is 19.4. The van der Waals surface area contributed by atoms with E-state index in [9.17, 15) is 0 Å². The average Bonchev–Trinajstić information content (AvgIpc) is 3.08. The number of hydrogen-bond acceptors (Lipinski definition) is 2. The lowest BCUT2D eigenvalue weighted by atomic mass is 10.1. The maximum atomic E-state index is 3.59. The molecule has 1 aromatic carbocycles. The monoisotopic (exact) mass is 244 g/mol. The van der Waals surface area contributed by atoms with Crippen LogP contribution >= 0.6 is 0 Å². The molecule has 2 heteroatoms. The maximum absolute atomic E-state index is 3.59. The Morgan fingerprint density at radius 1 is 1.17 bits per heavy atom. The van der Waals surface area contributed by atoms with Crippen LogP contribution in [-0.2, 0) is 12.8 Å². The summed E-state index contributed by atoms with van der Waals surface area (Å²) in [5, 5.41) is 3.59. The van der Waals surface area contributed by atoms with Crippen LogP contribution in [0.15, 0.2) is 24.3 Å². The van der Waals surface area contributed by atoms with E-state index in [0.29, 0.717) is 0 Å². The summed E-state index contributed by atoms with van der Waals surface area (Å²) in [5.74, 6) is 0.827. The van der Waals surface area contributed by atoms with Crippen molar-refractivity contribution in [2.45, 2.75) is 31.7 Å². The number of hydrogen-bond donors (Lipinski definition) is 1. The lowest BCUT2D eigenvalue weighted by Gasteiger charge is -2.20. The molecular weight excluding hydrogens is 220 g/mol. The molecule has 0 saturated heterocycles. The van der Waals surface area contributed by atoms with Gasteiger partial charge in [0, 0.05) is 25.7 Å². The highest BCUT2D eigenvalue weighted by atomic mass is 15.1. The summed E-state index contributed by atoms with van der Waals surface area (Å²) in [6.07, 6.45) is 5.33. The van der Waals surface area contributed by atoms with Gasteiger partial charge in [-0.05, 0) is 49.8 Å². The van der Waals surface area contributed by atoms with E-state index in [2.05, 4.69) is 41.5 Å². The van der Waals surface area contributed by atoms with Crippen molar-refractivity contribution in [2.24, 2.45) is 5.92 Å². The molecule has 0 atom stereocenters. The molecule has 0 unspecified atom stereocenters. The molecule has 2 nitrogen and oxygen atoms in total. The van der Waals surface area contributed by atoms with E-state index in [1.807, 2.05) is 0 Å². The molecule has 0 heterocycles. The van der Waals surface area contributed by atoms with E-state index >= 15 is 0 Å². The van der Waals surface area contributed by atoms with Gasteiger partial charge in [0.1, 0.15) is 0 Å². The minimum atomic E-state index is 0.827. The summed E-state index contributed by atoms with van der Waals surface area (Å²) in [7, 11) is 2.26. The predicted molar refractivity (Wildman–Crippen MR) is 75.9 cm³/mol. The molecular formula is C16H24N2. The number of fused-ring (bicyclic) bond motifs is 1. The SMILES string of the molecule is CN(CCNC1CC1)CC1Cc2ccccc2C1. The molecule has 0 bridgehead atoms. The Kier molecular flexibility index (Phi) is 3.67. The lowest BCUT2D eigenvalue weighted by molar-refractivity contribution is 0.279. The molecule has 1 fully saturated rings. The van der Waals surface area contributed by atoms with E-state index in [1.165, 1.54) is 38.8 Å². The highest BCUT2D eigenvalue weighted by molar-refractivity contribution is 5.32. The first-order valence-electron chi connectivity index (χ1n) is 7.30. The number of benzene rings is 1. The van der Waals surface area contributed by atoms with Gasteiger partial charge in [-0.1, -0.05) is 24.3 Å². The van der Waals surface area contributed by atoms with Gasteiger partial charge in [-0.25, -0.2) is 0 Å². The van der Waals surface area contributed by atoms with Gasteiger partial charge in [-0.3, -0.25) is 0 Å². The molecule has 2 aliphatic carbocycles. The van der Waals surface area contributed by atoms with Crippen molar-refractivity contribution in [3.05, 3.63) is 35.4 Å². The molecule has 0 aromatic heterocycles. The minimum Gasteiger partial charge on any atom is -0.313 e. The molecule has 98 valence electrons. The molecule has 3 rings (SSSR count). The highest BCUT2D eigenvalue weighted by Gasteiger charge is 2.23. The predicted octanol–water partition coefficient (Wildman–Crippen LogP) is 2.09. The second-order valence-corrected chi connectivity index (χ2v) is 6.03. The summed E-state index contributed by atoms with van der Waals surface area (Å²) in [6.45, 7) is 3.57. The van der Waals surface area contributed by atoms with E-state index in [0.717, 1.165) is 18.5 Å². The second-order valence-electron chi connectivity index (χ2n) is 6.03. The van der Waals surface area contributed by atoms with Crippen LogP contribution < -0.4 is 5.32 Å². The largest absolute Gasteiger partial charge is 0.313 e. The number of nitrogens with one attached hydrogen (secondary N) is 1. The zero-order valence-electron chi connectivity index (χ0n) is 11.4. The molecule has 0 aliphatic heterocycles. The molecule has 2 aliphatic rings. The van der Waals surface area contributed by atoms with Crippen LogP contribution in [0, 0.1) is 5.92 Å². The van der Waals surface area contributed by atoms with Gasteiger partial charge < -0.3 is 10.2 Å². The van der Waals surface area contributed by atoms with Crippen LogP contribution in [0.1, 0.15) is 24.0 Å². The minimum absolute atomic E-state index is 0.827. The van der Waals surface area contributed by atoms with Crippen molar-refractivity contribution < 1.29 is 0 Å². The van der Waals surface area contributed by atoms with Crippen molar-refractivity contribution in [1.29, 1.82) is 0 Å². The highest BCUT2D eigenvalue weighted by Crippen LogP contribution is 2.26. The van der Waals surface area contributed by atoms with Gasteiger partial charge in [-0.15, -0.1) is 0 Å². The standard InChI is InChI=1S/C16H24N2/c1-18(9-8-17-16-6-7-16)12-13-10-14-4-2-3-5-15(14)11-13/h2-5,13,16-17H,6-12H2,1H3. The topological polar surface area (TPSA) is 15.3 Å². The Morgan fingerprint density at radius 3 is 2.44 bits per heavy atom. The molecule has 0 radical (unpaired) electrons. The van der Waals surface area contributed by atoms with Crippen LogP contribution in [0.5, 0.6) is 0 Å². The van der Waals surface area contributed by atoms with Crippen LogP contribution in [0.2, 0.25) is 0 Å². The van der Waals surface area contributed by atoms with Gasteiger partial charge in [0.15, 0.2) is 0 Å². The maximum Gasteiger partial charge on any atom is 0.0104 e. The lowest BCUT2D eigenvalue weighted by Crippen LogP contribution is -2.33. The number of rotatable bonds is 6. The summed E-state index contributed by atoms with van der Waals surface area (Å²) < 4.78 is 0. The Balaban J connectivity index is 1.41. The average molecular weight is 244 g/mol. The van der Waals surface area contributed by atoms with Crippen molar-refractivity contribution in [3.63, 3.8) is 0 Å². The fraction of sp³-hybridized carbons (Fsp3) is 0.625. The zero-order valence-corrected chi connectivity index (χ0v) is 11.4. The van der Waals surface area contributed by atoms with E-state index < -0.39 is 0 Å². The van der Waals surface area contributed by atoms with Crippen LogP contribution in [-0.4, -0.2) is 37.6 Å². The zero-order chi connectivity index (χ0) is 12.4. The quantitative estimate of drug-likeness (QED) is 0.824.